The second-order valence-corrected chi connectivity index (χ2v) is 10.7. The third-order valence-electron chi connectivity index (χ3n) is 5.17. The second-order valence-electron chi connectivity index (χ2n) is 7.57. The van der Waals surface area contributed by atoms with Crippen molar-refractivity contribution in [1.29, 1.82) is 0 Å². The summed E-state index contributed by atoms with van der Waals surface area (Å²) in [7, 11) is 1.89. The highest BCUT2D eigenvalue weighted by atomic mass is 32.2. The summed E-state index contributed by atoms with van der Waals surface area (Å²) in [5, 5.41) is 14.7. The summed E-state index contributed by atoms with van der Waals surface area (Å²) in [4.78, 5) is 27.0. The van der Waals surface area contributed by atoms with E-state index in [2.05, 4.69) is 28.5 Å². The van der Waals surface area contributed by atoms with E-state index in [1.54, 1.807) is 11.3 Å². The highest BCUT2D eigenvalue weighted by Crippen LogP contribution is 2.39. The molecule has 3 N–H and O–H groups in total. The van der Waals surface area contributed by atoms with Crippen molar-refractivity contribution in [3.05, 3.63) is 32.3 Å². The van der Waals surface area contributed by atoms with Gasteiger partial charge in [0.15, 0.2) is 11.0 Å². The number of aromatic nitrogens is 3. The molecule has 1 aliphatic carbocycles. The molecule has 0 aliphatic heterocycles. The number of fused-ring (bicyclic) bond motifs is 1. The Morgan fingerprint density at radius 1 is 1.40 bits per heavy atom. The topological polar surface area (TPSA) is 103 Å². The highest BCUT2D eigenvalue weighted by Gasteiger charge is 2.27. The number of nitrogens with two attached hydrogens (primary N) is 1. The summed E-state index contributed by atoms with van der Waals surface area (Å²) < 4.78 is 1.89. The molecule has 7 nitrogen and oxygen atoms in total. The van der Waals surface area contributed by atoms with E-state index < -0.39 is 5.91 Å². The van der Waals surface area contributed by atoms with Gasteiger partial charge in [0.2, 0.25) is 5.91 Å². The standard InChI is InChI=1S/C20H23N5O2S3/c1-10-4-5-13-14(6-10)30-19(16(13)17(21)27)22-15(26)9-29-20-24-23-18(25(20)3)12-7-11(2)28-8-12/h7-8,10H,4-6,9H2,1-3H3,(H2,21,27)(H,22,26). The van der Waals surface area contributed by atoms with Crippen molar-refractivity contribution in [1.82, 2.24) is 14.8 Å². The lowest BCUT2D eigenvalue weighted by atomic mass is 9.88. The smallest absolute Gasteiger partial charge is 0.251 e. The molecule has 2 amide bonds. The zero-order valence-corrected chi connectivity index (χ0v) is 19.5. The number of thiophene rings is 2. The molecule has 158 valence electrons. The molecule has 0 spiro atoms. The Morgan fingerprint density at radius 2 is 2.20 bits per heavy atom. The fraction of sp³-hybridized carbons (Fsp3) is 0.400. The molecule has 0 saturated carbocycles. The number of nitrogens with one attached hydrogen (secondary N) is 1. The molecule has 0 aromatic carbocycles. The Labute approximate surface area is 187 Å². The molecule has 0 saturated heterocycles. The van der Waals surface area contributed by atoms with Gasteiger partial charge in [-0.25, -0.2) is 0 Å². The minimum atomic E-state index is -0.478. The number of hydrogen-bond donors (Lipinski definition) is 2. The van der Waals surface area contributed by atoms with Gasteiger partial charge < -0.3 is 15.6 Å². The molecule has 3 aromatic heterocycles. The predicted octanol–water partition coefficient (Wildman–Crippen LogP) is 3.87. The lowest BCUT2D eigenvalue weighted by Gasteiger charge is -2.18. The first kappa shape index (κ1) is 21.1. The van der Waals surface area contributed by atoms with Crippen LogP contribution < -0.4 is 11.1 Å². The van der Waals surface area contributed by atoms with Crippen molar-refractivity contribution in [3.8, 4) is 11.4 Å². The zero-order valence-electron chi connectivity index (χ0n) is 17.0. The van der Waals surface area contributed by atoms with Crippen LogP contribution in [0.5, 0.6) is 0 Å². The Balaban J connectivity index is 1.45. The third-order valence-corrected chi connectivity index (χ3v) is 8.22. The first-order chi connectivity index (χ1) is 14.3. The molecule has 3 heterocycles. The Kier molecular flexibility index (Phi) is 5.99. The number of aryl methyl sites for hydroxylation is 1. The molecular formula is C20H23N5O2S3. The molecule has 0 fully saturated rings. The summed E-state index contributed by atoms with van der Waals surface area (Å²) in [6.45, 7) is 4.25. The van der Waals surface area contributed by atoms with E-state index in [9.17, 15) is 9.59 Å². The summed E-state index contributed by atoms with van der Waals surface area (Å²) >= 11 is 4.46. The summed E-state index contributed by atoms with van der Waals surface area (Å²) in [5.74, 6) is 0.858. The van der Waals surface area contributed by atoms with Crippen LogP contribution in [0.2, 0.25) is 0 Å². The van der Waals surface area contributed by atoms with E-state index >= 15 is 0 Å². The van der Waals surface area contributed by atoms with E-state index in [4.69, 9.17) is 5.73 Å². The lowest BCUT2D eigenvalue weighted by Crippen LogP contribution is -2.20. The number of hydrogen-bond acceptors (Lipinski definition) is 7. The molecular weight excluding hydrogens is 438 g/mol. The van der Waals surface area contributed by atoms with Gasteiger partial charge in [0, 0.05) is 27.7 Å². The Hall–Kier alpha value is -2.17. The van der Waals surface area contributed by atoms with Gasteiger partial charge >= 0.3 is 0 Å². The maximum atomic E-state index is 12.6. The van der Waals surface area contributed by atoms with Gasteiger partial charge in [0.25, 0.3) is 5.91 Å². The minimum absolute atomic E-state index is 0.172. The molecule has 10 heteroatoms. The zero-order chi connectivity index (χ0) is 21.4. The summed E-state index contributed by atoms with van der Waals surface area (Å²) in [5.41, 5.74) is 8.14. The van der Waals surface area contributed by atoms with Crippen LogP contribution in [0.1, 0.15) is 39.0 Å². The monoisotopic (exact) mass is 461 g/mol. The highest BCUT2D eigenvalue weighted by molar-refractivity contribution is 7.99. The largest absolute Gasteiger partial charge is 0.365 e. The van der Waals surface area contributed by atoms with Crippen molar-refractivity contribution in [2.75, 3.05) is 11.1 Å². The normalized spacial score (nSPS) is 15.8. The van der Waals surface area contributed by atoms with Crippen LogP contribution in [0.3, 0.4) is 0 Å². The van der Waals surface area contributed by atoms with E-state index in [0.29, 0.717) is 21.6 Å². The average molecular weight is 462 g/mol. The fourth-order valence-electron chi connectivity index (χ4n) is 3.64. The average Bonchev–Trinajstić information content (AvgIpc) is 3.36. The van der Waals surface area contributed by atoms with Crippen LogP contribution in [0, 0.1) is 12.8 Å². The van der Waals surface area contributed by atoms with Crippen molar-refractivity contribution in [2.45, 2.75) is 38.3 Å². The van der Waals surface area contributed by atoms with Crippen LogP contribution in [0.15, 0.2) is 16.6 Å². The second kappa shape index (κ2) is 8.52. The van der Waals surface area contributed by atoms with E-state index in [-0.39, 0.29) is 11.7 Å². The Bertz CT molecular complexity index is 1110. The number of carbonyl (C=O) groups excluding carboxylic acids is 2. The van der Waals surface area contributed by atoms with E-state index in [1.807, 2.05) is 23.9 Å². The van der Waals surface area contributed by atoms with Crippen LogP contribution in [-0.4, -0.2) is 32.3 Å². The molecule has 4 rings (SSSR count). The van der Waals surface area contributed by atoms with E-state index in [1.165, 1.54) is 28.0 Å². The molecule has 3 aromatic rings. The third kappa shape index (κ3) is 4.17. The van der Waals surface area contributed by atoms with Gasteiger partial charge in [-0.2, -0.15) is 0 Å². The maximum absolute atomic E-state index is 12.6. The van der Waals surface area contributed by atoms with Gasteiger partial charge in [0.05, 0.1) is 11.3 Å². The Morgan fingerprint density at radius 3 is 2.90 bits per heavy atom. The number of primary amides is 1. The number of anilines is 1. The number of carbonyl (C=O) groups is 2. The van der Waals surface area contributed by atoms with Crippen LogP contribution in [0.4, 0.5) is 5.00 Å². The number of nitrogens with zero attached hydrogens (tertiary/aromatic N) is 3. The van der Waals surface area contributed by atoms with Gasteiger partial charge in [0.1, 0.15) is 5.00 Å². The number of amides is 2. The van der Waals surface area contributed by atoms with Crippen molar-refractivity contribution < 1.29 is 9.59 Å². The van der Waals surface area contributed by atoms with Gasteiger partial charge in [-0.05, 0) is 43.7 Å². The van der Waals surface area contributed by atoms with E-state index in [0.717, 1.165) is 41.1 Å². The minimum Gasteiger partial charge on any atom is -0.365 e. The first-order valence-electron chi connectivity index (χ1n) is 9.65. The van der Waals surface area contributed by atoms with Crippen molar-refractivity contribution in [3.63, 3.8) is 0 Å². The molecule has 1 atom stereocenters. The fourth-order valence-corrected chi connectivity index (χ4v) is 6.47. The van der Waals surface area contributed by atoms with Crippen LogP contribution >= 0.6 is 34.4 Å². The summed E-state index contributed by atoms with van der Waals surface area (Å²) in [6.07, 6.45) is 2.79. The van der Waals surface area contributed by atoms with Gasteiger partial charge in [-0.15, -0.1) is 32.9 Å². The predicted molar refractivity (Wildman–Crippen MR) is 122 cm³/mol. The number of rotatable bonds is 6. The van der Waals surface area contributed by atoms with Crippen molar-refractivity contribution in [2.24, 2.45) is 18.7 Å². The molecule has 0 bridgehead atoms. The molecule has 0 radical (unpaired) electrons. The van der Waals surface area contributed by atoms with Crippen LogP contribution in [0.25, 0.3) is 11.4 Å². The molecule has 1 unspecified atom stereocenters. The molecule has 30 heavy (non-hydrogen) atoms. The van der Waals surface area contributed by atoms with Crippen molar-refractivity contribution >= 4 is 51.3 Å². The quantitative estimate of drug-likeness (QED) is 0.543. The molecule has 1 aliphatic rings. The van der Waals surface area contributed by atoms with Gasteiger partial charge in [-0.1, -0.05) is 18.7 Å². The lowest BCUT2D eigenvalue weighted by molar-refractivity contribution is -0.113. The van der Waals surface area contributed by atoms with Crippen LogP contribution in [-0.2, 0) is 24.7 Å². The SMILES string of the molecule is Cc1cc(-c2nnc(SCC(=O)Nc3sc4c(c3C(N)=O)CCC(C)C4)n2C)cs1. The van der Waals surface area contributed by atoms with Gasteiger partial charge in [-0.3, -0.25) is 9.59 Å². The first-order valence-corrected chi connectivity index (χ1v) is 12.3. The maximum Gasteiger partial charge on any atom is 0.251 e. The number of thioether (sulfide) groups is 1. The summed E-state index contributed by atoms with van der Waals surface area (Å²) in [6, 6.07) is 2.07.